The fourth-order valence-corrected chi connectivity index (χ4v) is 5.46. The van der Waals surface area contributed by atoms with Crippen molar-refractivity contribution in [2.45, 2.75) is 0 Å². The Morgan fingerprint density at radius 2 is 1.77 bits per heavy atom. The molecule has 2 fully saturated rings. The highest BCUT2D eigenvalue weighted by Crippen LogP contribution is 2.33. The van der Waals surface area contributed by atoms with E-state index < -0.39 is 0 Å². The molecule has 2 saturated heterocycles. The van der Waals surface area contributed by atoms with Gasteiger partial charge in [0.2, 0.25) is 0 Å². The number of anilines is 2. The second-order valence-corrected chi connectivity index (χ2v) is 9.79. The van der Waals surface area contributed by atoms with Gasteiger partial charge in [0.1, 0.15) is 21.6 Å². The zero-order chi connectivity index (χ0) is 24.5. The highest BCUT2D eigenvalue weighted by atomic mass is 32.2. The Labute approximate surface area is 211 Å². The van der Waals surface area contributed by atoms with Crippen molar-refractivity contribution in [2.75, 3.05) is 42.5 Å². The molecule has 7 nitrogen and oxygen atoms in total. The van der Waals surface area contributed by atoms with E-state index in [1.165, 1.54) is 33.2 Å². The van der Waals surface area contributed by atoms with Crippen molar-refractivity contribution in [1.29, 1.82) is 0 Å². The molecule has 0 aliphatic carbocycles. The summed E-state index contributed by atoms with van der Waals surface area (Å²) in [6.45, 7) is 6.60. The average molecular weight is 508 g/mol. The lowest BCUT2D eigenvalue weighted by molar-refractivity contribution is -0.121. The number of fused-ring (bicyclic) bond motifs is 1. The van der Waals surface area contributed by atoms with Crippen LogP contribution in [0.3, 0.4) is 0 Å². The molecule has 1 aromatic carbocycles. The lowest BCUT2D eigenvalue weighted by atomic mass is 10.2. The molecular formula is C25H22FN5O2S2. The molecule has 35 heavy (non-hydrogen) atoms. The number of hydrogen-bond acceptors (Lipinski definition) is 7. The number of benzene rings is 1. The topological polar surface area (TPSA) is 61.2 Å². The van der Waals surface area contributed by atoms with Gasteiger partial charge in [-0.1, -0.05) is 36.1 Å². The summed E-state index contributed by atoms with van der Waals surface area (Å²) in [5, 5.41) is 0. The Morgan fingerprint density at radius 3 is 2.49 bits per heavy atom. The Balaban J connectivity index is 1.51. The van der Waals surface area contributed by atoms with Gasteiger partial charge in [-0.3, -0.25) is 18.9 Å². The van der Waals surface area contributed by atoms with E-state index in [-0.39, 0.29) is 17.3 Å². The van der Waals surface area contributed by atoms with Gasteiger partial charge in [-0.2, -0.15) is 0 Å². The van der Waals surface area contributed by atoms with Crippen molar-refractivity contribution < 1.29 is 9.18 Å². The maximum atomic E-state index is 13.5. The van der Waals surface area contributed by atoms with Crippen LogP contribution in [0.5, 0.6) is 0 Å². The fraction of sp³-hybridized carbons (Fsp3) is 0.200. The van der Waals surface area contributed by atoms with Gasteiger partial charge in [-0.15, -0.1) is 6.58 Å². The summed E-state index contributed by atoms with van der Waals surface area (Å²) in [5.74, 6) is 0.0230. The van der Waals surface area contributed by atoms with Crippen LogP contribution in [0.1, 0.15) is 5.56 Å². The summed E-state index contributed by atoms with van der Waals surface area (Å²) < 4.78 is 15.2. The predicted octanol–water partition coefficient (Wildman–Crippen LogP) is 3.55. The van der Waals surface area contributed by atoms with Gasteiger partial charge < -0.3 is 9.80 Å². The number of halogens is 1. The highest BCUT2D eigenvalue weighted by molar-refractivity contribution is 8.26. The Bertz CT molecular complexity index is 1410. The Hall–Kier alpha value is -3.50. The summed E-state index contributed by atoms with van der Waals surface area (Å²) in [4.78, 5) is 37.3. The SMILES string of the molecule is C=CCN1C(=O)/C(=C\c2c(N3CCN(c4ccc(F)cc4)CC3)nc3ccccn3c2=O)SC1=S. The first-order chi connectivity index (χ1) is 17.0. The quantitative estimate of drug-likeness (QED) is 0.297. The number of thioether (sulfide) groups is 1. The summed E-state index contributed by atoms with van der Waals surface area (Å²) in [7, 11) is 0. The number of rotatable bonds is 5. The zero-order valence-electron chi connectivity index (χ0n) is 18.8. The number of pyridine rings is 1. The maximum Gasteiger partial charge on any atom is 0.267 e. The van der Waals surface area contributed by atoms with Crippen molar-refractivity contribution in [1.82, 2.24) is 14.3 Å². The molecular weight excluding hydrogens is 485 g/mol. The number of aromatic nitrogens is 2. The lowest BCUT2D eigenvalue weighted by Gasteiger charge is -2.37. The predicted molar refractivity (Wildman–Crippen MR) is 142 cm³/mol. The maximum absolute atomic E-state index is 13.5. The van der Waals surface area contributed by atoms with Crippen LogP contribution in [0.2, 0.25) is 0 Å². The largest absolute Gasteiger partial charge is 0.368 e. The van der Waals surface area contributed by atoms with E-state index in [1.54, 1.807) is 42.6 Å². The first kappa shape index (κ1) is 23.3. The monoisotopic (exact) mass is 507 g/mol. The Morgan fingerprint density at radius 1 is 1.06 bits per heavy atom. The molecule has 4 heterocycles. The number of hydrogen-bond donors (Lipinski definition) is 0. The number of amides is 1. The number of nitrogens with zero attached hydrogens (tertiary/aromatic N) is 5. The minimum absolute atomic E-state index is 0.246. The molecule has 2 aliphatic rings. The van der Waals surface area contributed by atoms with Crippen molar-refractivity contribution in [3.8, 4) is 0 Å². The number of thiocarbonyl (C=S) groups is 1. The van der Waals surface area contributed by atoms with Gasteiger partial charge >= 0.3 is 0 Å². The second-order valence-electron chi connectivity index (χ2n) is 8.11. The molecule has 0 N–H and O–H groups in total. The van der Waals surface area contributed by atoms with Crippen LogP contribution in [0.15, 0.2) is 71.0 Å². The van der Waals surface area contributed by atoms with E-state index in [4.69, 9.17) is 17.2 Å². The van der Waals surface area contributed by atoms with Crippen molar-refractivity contribution >= 4 is 57.4 Å². The zero-order valence-corrected chi connectivity index (χ0v) is 20.4. The molecule has 0 bridgehead atoms. The van der Waals surface area contributed by atoms with Gasteiger partial charge in [-0.05, 0) is 42.5 Å². The summed E-state index contributed by atoms with van der Waals surface area (Å²) in [6, 6.07) is 11.8. The van der Waals surface area contributed by atoms with Crippen LogP contribution in [0, 0.1) is 5.82 Å². The van der Waals surface area contributed by atoms with E-state index in [1.807, 2.05) is 6.07 Å². The first-order valence-electron chi connectivity index (χ1n) is 11.1. The van der Waals surface area contributed by atoms with Crippen LogP contribution < -0.4 is 15.4 Å². The molecule has 3 aromatic rings. The molecule has 178 valence electrons. The van der Waals surface area contributed by atoms with Crippen LogP contribution in [0.25, 0.3) is 11.7 Å². The van der Waals surface area contributed by atoms with Gasteiger partial charge in [0.25, 0.3) is 11.5 Å². The average Bonchev–Trinajstić information content (AvgIpc) is 3.14. The molecule has 0 saturated carbocycles. The molecule has 0 unspecified atom stereocenters. The van der Waals surface area contributed by atoms with E-state index >= 15 is 0 Å². The molecule has 2 aliphatic heterocycles. The van der Waals surface area contributed by atoms with Crippen LogP contribution in [-0.4, -0.2) is 57.2 Å². The number of carbonyl (C=O) groups excluding carboxylic acids is 1. The minimum Gasteiger partial charge on any atom is -0.368 e. The summed E-state index contributed by atoms with van der Waals surface area (Å²) in [5.41, 5.74) is 1.58. The van der Waals surface area contributed by atoms with E-state index in [9.17, 15) is 14.0 Å². The smallest absolute Gasteiger partial charge is 0.267 e. The van der Waals surface area contributed by atoms with Crippen molar-refractivity contribution in [3.63, 3.8) is 0 Å². The summed E-state index contributed by atoms with van der Waals surface area (Å²) in [6.07, 6.45) is 4.90. The molecule has 1 amide bonds. The molecule has 0 spiro atoms. The minimum atomic E-state index is -0.267. The number of piperazine rings is 1. The fourth-order valence-electron chi connectivity index (χ4n) is 4.20. The van der Waals surface area contributed by atoms with E-state index in [2.05, 4.69) is 16.4 Å². The normalized spacial score (nSPS) is 17.6. The van der Waals surface area contributed by atoms with Gasteiger partial charge in [0.15, 0.2) is 0 Å². The second kappa shape index (κ2) is 9.63. The third-order valence-corrected chi connectivity index (χ3v) is 7.36. The van der Waals surface area contributed by atoms with Crippen molar-refractivity contribution in [2.24, 2.45) is 0 Å². The lowest BCUT2D eigenvalue weighted by Crippen LogP contribution is -2.47. The van der Waals surface area contributed by atoms with Crippen molar-refractivity contribution in [3.05, 3.63) is 88.0 Å². The van der Waals surface area contributed by atoms with Crippen LogP contribution in [0.4, 0.5) is 15.9 Å². The molecule has 5 rings (SSSR count). The molecule has 2 aromatic heterocycles. The number of carbonyl (C=O) groups is 1. The van der Waals surface area contributed by atoms with Crippen LogP contribution >= 0.6 is 24.0 Å². The van der Waals surface area contributed by atoms with Crippen LogP contribution in [-0.2, 0) is 4.79 Å². The van der Waals surface area contributed by atoms with Gasteiger partial charge in [0, 0.05) is 44.6 Å². The third kappa shape index (κ3) is 4.46. The molecule has 0 radical (unpaired) electrons. The van der Waals surface area contributed by atoms with E-state index in [0.717, 1.165) is 5.69 Å². The Kier molecular flexibility index (Phi) is 6.40. The van der Waals surface area contributed by atoms with E-state index in [0.29, 0.717) is 59.0 Å². The molecule has 10 heteroatoms. The highest BCUT2D eigenvalue weighted by Gasteiger charge is 2.32. The standard InChI is InChI=1S/C25H22FN5O2S2/c1-2-10-31-24(33)20(35-25(31)34)16-19-22(27-21-5-3-4-11-30(21)23(19)32)29-14-12-28(13-15-29)18-8-6-17(26)7-9-18/h2-9,11,16H,1,10,12-15H2/b20-16+. The molecule has 0 atom stereocenters. The van der Waals surface area contributed by atoms with Gasteiger partial charge in [-0.25, -0.2) is 9.37 Å². The first-order valence-corrected chi connectivity index (χ1v) is 12.3. The van der Waals surface area contributed by atoms with Gasteiger partial charge in [0.05, 0.1) is 10.5 Å². The summed E-state index contributed by atoms with van der Waals surface area (Å²) >= 11 is 6.53. The third-order valence-electron chi connectivity index (χ3n) is 5.98.